The van der Waals surface area contributed by atoms with Gasteiger partial charge in [0.25, 0.3) is 0 Å². The molecule has 17 heavy (non-hydrogen) atoms. The van der Waals surface area contributed by atoms with Gasteiger partial charge in [0.2, 0.25) is 0 Å². The van der Waals surface area contributed by atoms with Crippen molar-refractivity contribution in [3.63, 3.8) is 0 Å². The molecule has 0 saturated heterocycles. The fourth-order valence-corrected chi connectivity index (χ4v) is 1.66. The molecule has 0 spiro atoms. The van der Waals surface area contributed by atoms with E-state index in [0.29, 0.717) is 0 Å². The number of nitrogens with one attached hydrogen (secondary N) is 1. The molecule has 1 N–H and O–H groups in total. The van der Waals surface area contributed by atoms with Crippen molar-refractivity contribution in [3.8, 4) is 5.75 Å². The minimum absolute atomic E-state index is 0.107. The zero-order valence-electron chi connectivity index (χ0n) is 10.8. The van der Waals surface area contributed by atoms with Crippen molar-refractivity contribution in [1.29, 1.82) is 0 Å². The molecule has 0 aliphatic carbocycles. The summed E-state index contributed by atoms with van der Waals surface area (Å²) in [6, 6.07) is 8.13. The van der Waals surface area contributed by atoms with Gasteiger partial charge in [-0.25, -0.2) is 0 Å². The van der Waals surface area contributed by atoms with Crippen LogP contribution in [0.2, 0.25) is 0 Å². The predicted octanol–water partition coefficient (Wildman–Crippen LogP) is 2.60. The van der Waals surface area contributed by atoms with Crippen LogP contribution >= 0.6 is 0 Å². The van der Waals surface area contributed by atoms with Crippen molar-refractivity contribution in [3.05, 3.63) is 29.8 Å². The highest BCUT2D eigenvalue weighted by Crippen LogP contribution is 2.21. The topological polar surface area (TPSA) is 33.6 Å². The zero-order valence-corrected chi connectivity index (χ0v) is 10.8. The van der Waals surface area contributed by atoms with Crippen LogP contribution in [0.25, 0.3) is 0 Å². The van der Waals surface area contributed by atoms with Crippen LogP contribution in [0, 0.1) is 0 Å². The summed E-state index contributed by atoms with van der Waals surface area (Å²) in [6.07, 6.45) is 0.989. The van der Waals surface area contributed by atoms with Crippen LogP contribution in [-0.2, 0) is 0 Å². The first-order chi connectivity index (χ1) is 8.11. The first kappa shape index (κ1) is 12.0. The van der Waals surface area contributed by atoms with Crippen LogP contribution in [0.5, 0.6) is 5.75 Å². The van der Waals surface area contributed by atoms with Crippen LogP contribution in [0.3, 0.4) is 0 Å². The van der Waals surface area contributed by atoms with Gasteiger partial charge < -0.3 is 10.1 Å². The summed E-state index contributed by atoms with van der Waals surface area (Å²) in [7, 11) is 0. The van der Waals surface area contributed by atoms with E-state index in [1.807, 2.05) is 12.1 Å². The molecule has 0 bridgehead atoms. The zero-order chi connectivity index (χ0) is 12.3. The molecule has 1 heterocycles. The van der Waals surface area contributed by atoms with Crippen LogP contribution in [0.1, 0.15) is 32.8 Å². The first-order valence-corrected chi connectivity index (χ1v) is 6.18. The van der Waals surface area contributed by atoms with E-state index < -0.39 is 0 Å². The summed E-state index contributed by atoms with van der Waals surface area (Å²) in [5.74, 6) is 1.91. The lowest BCUT2D eigenvalue weighted by atomic mass is 10.1. The lowest BCUT2D eigenvalue weighted by Crippen LogP contribution is -2.26. The van der Waals surface area contributed by atoms with E-state index in [9.17, 15) is 0 Å². The molecule has 92 valence electrons. The van der Waals surface area contributed by atoms with Gasteiger partial charge in [0, 0.05) is 12.1 Å². The van der Waals surface area contributed by atoms with Gasteiger partial charge in [0.15, 0.2) is 0 Å². The maximum absolute atomic E-state index is 5.91. The fourth-order valence-electron chi connectivity index (χ4n) is 1.66. The predicted molar refractivity (Wildman–Crippen MR) is 70.8 cm³/mol. The van der Waals surface area contributed by atoms with Crippen molar-refractivity contribution in [2.45, 2.75) is 32.8 Å². The maximum Gasteiger partial charge on any atom is 0.128 e. The Labute approximate surface area is 103 Å². The van der Waals surface area contributed by atoms with E-state index in [2.05, 4.69) is 43.2 Å². The highest BCUT2D eigenvalue weighted by Gasteiger charge is 2.16. The Morgan fingerprint density at radius 1 is 1.29 bits per heavy atom. The molecule has 1 aliphatic rings. The van der Waals surface area contributed by atoms with Crippen molar-refractivity contribution >= 4 is 5.84 Å². The molecule has 0 atom stereocenters. The normalized spacial score (nSPS) is 15.4. The lowest BCUT2D eigenvalue weighted by molar-refractivity contribution is 0.105. The lowest BCUT2D eigenvalue weighted by Gasteiger charge is -2.24. The number of nitrogens with zero attached hydrogens (tertiary/aromatic N) is 1. The van der Waals surface area contributed by atoms with Crippen molar-refractivity contribution in [1.82, 2.24) is 5.32 Å². The van der Waals surface area contributed by atoms with E-state index >= 15 is 0 Å². The van der Waals surface area contributed by atoms with Crippen LogP contribution < -0.4 is 10.1 Å². The molecule has 0 saturated carbocycles. The Morgan fingerprint density at radius 3 is 2.53 bits per heavy atom. The van der Waals surface area contributed by atoms with Gasteiger partial charge in [-0.15, -0.1) is 0 Å². The highest BCUT2D eigenvalue weighted by atomic mass is 16.5. The third-order valence-corrected chi connectivity index (χ3v) is 3.05. The molecular weight excluding hydrogens is 212 g/mol. The molecule has 3 nitrogen and oxygen atoms in total. The summed E-state index contributed by atoms with van der Waals surface area (Å²) >= 11 is 0. The summed E-state index contributed by atoms with van der Waals surface area (Å²) in [4.78, 5) is 4.39. The number of benzene rings is 1. The second kappa shape index (κ2) is 4.78. The van der Waals surface area contributed by atoms with Crippen LogP contribution in [0.15, 0.2) is 29.3 Å². The number of hydrogen-bond acceptors (Lipinski definition) is 3. The third-order valence-electron chi connectivity index (χ3n) is 3.05. The van der Waals surface area contributed by atoms with E-state index in [0.717, 1.165) is 36.7 Å². The van der Waals surface area contributed by atoms with Gasteiger partial charge in [-0.1, -0.05) is 6.92 Å². The average molecular weight is 232 g/mol. The largest absolute Gasteiger partial charge is 0.488 e. The smallest absolute Gasteiger partial charge is 0.128 e. The fraction of sp³-hybridized carbons (Fsp3) is 0.500. The quantitative estimate of drug-likeness (QED) is 0.865. The van der Waals surface area contributed by atoms with E-state index in [4.69, 9.17) is 4.74 Å². The SMILES string of the molecule is CCC(C)(C)Oc1ccc(C2=NCCN2)cc1. The third kappa shape index (κ3) is 2.99. The molecule has 1 aliphatic heterocycles. The minimum Gasteiger partial charge on any atom is -0.488 e. The number of aliphatic imine (C=N–C) groups is 1. The molecule has 1 aromatic carbocycles. The van der Waals surface area contributed by atoms with Crippen molar-refractivity contribution in [2.24, 2.45) is 4.99 Å². The second-order valence-electron chi connectivity index (χ2n) is 4.90. The van der Waals surface area contributed by atoms with E-state index in [-0.39, 0.29) is 5.60 Å². The Hall–Kier alpha value is -1.51. The molecule has 0 aromatic heterocycles. The van der Waals surface area contributed by atoms with E-state index in [1.165, 1.54) is 0 Å². The molecule has 3 heteroatoms. The first-order valence-electron chi connectivity index (χ1n) is 6.18. The number of hydrogen-bond donors (Lipinski definition) is 1. The molecule has 0 unspecified atom stereocenters. The maximum atomic E-state index is 5.91. The molecule has 0 amide bonds. The van der Waals surface area contributed by atoms with Gasteiger partial charge in [0.05, 0.1) is 6.54 Å². The molecule has 0 radical (unpaired) electrons. The Morgan fingerprint density at radius 2 is 2.00 bits per heavy atom. The highest BCUT2D eigenvalue weighted by molar-refractivity contribution is 5.99. The standard InChI is InChI=1S/C14H20N2O/c1-4-14(2,3)17-12-7-5-11(6-8-12)13-15-9-10-16-13/h5-8H,4,9-10H2,1-3H3,(H,15,16). The van der Waals surface area contributed by atoms with Crippen molar-refractivity contribution < 1.29 is 4.74 Å². The average Bonchev–Trinajstić information content (AvgIpc) is 2.83. The van der Waals surface area contributed by atoms with Crippen LogP contribution in [0.4, 0.5) is 0 Å². The molecule has 2 rings (SSSR count). The summed E-state index contributed by atoms with van der Waals surface area (Å²) < 4.78 is 5.91. The van der Waals surface area contributed by atoms with Crippen LogP contribution in [-0.4, -0.2) is 24.5 Å². The van der Waals surface area contributed by atoms with Gasteiger partial charge in [-0.3, -0.25) is 4.99 Å². The second-order valence-corrected chi connectivity index (χ2v) is 4.90. The van der Waals surface area contributed by atoms with Gasteiger partial charge >= 0.3 is 0 Å². The van der Waals surface area contributed by atoms with Gasteiger partial charge in [-0.05, 0) is 44.5 Å². The summed E-state index contributed by atoms with van der Waals surface area (Å²) in [6.45, 7) is 8.14. The summed E-state index contributed by atoms with van der Waals surface area (Å²) in [5.41, 5.74) is 1.02. The summed E-state index contributed by atoms with van der Waals surface area (Å²) in [5, 5.41) is 3.26. The Kier molecular flexibility index (Phi) is 3.36. The Balaban J connectivity index is 2.08. The minimum atomic E-state index is -0.107. The Bertz CT molecular complexity index is 407. The molecule has 1 aromatic rings. The van der Waals surface area contributed by atoms with Gasteiger partial charge in [0.1, 0.15) is 17.2 Å². The molecular formula is C14H20N2O. The number of amidine groups is 1. The monoisotopic (exact) mass is 232 g/mol. The molecule has 0 fully saturated rings. The number of rotatable bonds is 4. The van der Waals surface area contributed by atoms with Crippen molar-refractivity contribution in [2.75, 3.05) is 13.1 Å². The van der Waals surface area contributed by atoms with E-state index in [1.54, 1.807) is 0 Å². The van der Waals surface area contributed by atoms with Gasteiger partial charge in [-0.2, -0.15) is 0 Å². The number of ether oxygens (including phenoxy) is 1.